The molecule has 1 aromatic carbocycles. The Morgan fingerprint density at radius 2 is 2.19 bits per heavy atom. The molecule has 0 bridgehead atoms. The molecule has 0 spiro atoms. The van der Waals surface area contributed by atoms with Crippen LogP contribution in [0.3, 0.4) is 0 Å². The molecular formula is C17H23N3O. The molecule has 1 heterocycles. The standard InChI is InChI=1S/C17H23N3O/c1-13(2)12-20(11-5-10-18)16-9-8-14-6-3-4-7-15(14)19-17(16)21/h3-4,6-7,13,16H,5,8-9,11-12H2,1-2H3,(H,19,21). The van der Waals surface area contributed by atoms with Crippen LogP contribution in [0.1, 0.15) is 32.3 Å². The lowest BCUT2D eigenvalue weighted by Crippen LogP contribution is -2.45. The summed E-state index contributed by atoms with van der Waals surface area (Å²) < 4.78 is 0. The number of nitrogens with one attached hydrogen (secondary N) is 1. The average Bonchev–Trinajstić information content (AvgIpc) is 2.61. The Bertz CT molecular complexity index is 533. The Kier molecular flexibility index (Phi) is 5.35. The molecule has 0 radical (unpaired) electrons. The number of hydrogen-bond donors (Lipinski definition) is 1. The van der Waals surface area contributed by atoms with Gasteiger partial charge in [0.25, 0.3) is 0 Å². The third kappa shape index (κ3) is 4.05. The first-order chi connectivity index (χ1) is 10.1. The SMILES string of the molecule is CC(C)CN(CCC#N)C1CCc2ccccc2NC1=O. The molecule has 1 aliphatic rings. The highest BCUT2D eigenvalue weighted by molar-refractivity contribution is 5.96. The second-order valence-corrected chi connectivity index (χ2v) is 6.00. The normalized spacial score (nSPS) is 18.0. The maximum atomic E-state index is 12.5. The van der Waals surface area contributed by atoms with E-state index in [0.29, 0.717) is 18.9 Å². The van der Waals surface area contributed by atoms with Crippen molar-refractivity contribution in [1.29, 1.82) is 5.26 Å². The van der Waals surface area contributed by atoms with Gasteiger partial charge in [0.2, 0.25) is 5.91 Å². The van der Waals surface area contributed by atoms with Crippen LogP contribution in [0.25, 0.3) is 0 Å². The number of nitrogens with zero attached hydrogens (tertiary/aromatic N) is 2. The second-order valence-electron chi connectivity index (χ2n) is 6.00. The monoisotopic (exact) mass is 285 g/mol. The second kappa shape index (κ2) is 7.24. The number of nitriles is 1. The van der Waals surface area contributed by atoms with Crippen molar-refractivity contribution in [3.63, 3.8) is 0 Å². The first-order valence-electron chi connectivity index (χ1n) is 7.61. The van der Waals surface area contributed by atoms with Crippen molar-refractivity contribution in [3.05, 3.63) is 29.8 Å². The molecule has 2 rings (SSSR count). The topological polar surface area (TPSA) is 56.1 Å². The maximum Gasteiger partial charge on any atom is 0.241 e. The Balaban J connectivity index is 2.14. The van der Waals surface area contributed by atoms with Gasteiger partial charge in [0.15, 0.2) is 0 Å². The van der Waals surface area contributed by atoms with Crippen molar-refractivity contribution in [3.8, 4) is 6.07 Å². The lowest BCUT2D eigenvalue weighted by molar-refractivity contribution is -0.121. The van der Waals surface area contributed by atoms with Crippen molar-refractivity contribution in [2.75, 3.05) is 18.4 Å². The van der Waals surface area contributed by atoms with Gasteiger partial charge in [-0.05, 0) is 30.4 Å². The van der Waals surface area contributed by atoms with Crippen LogP contribution in [0.2, 0.25) is 0 Å². The predicted molar refractivity (Wildman–Crippen MR) is 83.8 cm³/mol. The van der Waals surface area contributed by atoms with E-state index in [1.807, 2.05) is 18.2 Å². The number of aryl methyl sites for hydroxylation is 1. The lowest BCUT2D eigenvalue weighted by atomic mass is 10.0. The van der Waals surface area contributed by atoms with Crippen LogP contribution in [0.15, 0.2) is 24.3 Å². The highest BCUT2D eigenvalue weighted by atomic mass is 16.2. The van der Waals surface area contributed by atoms with Gasteiger partial charge in [-0.2, -0.15) is 5.26 Å². The van der Waals surface area contributed by atoms with Crippen LogP contribution in [0, 0.1) is 17.2 Å². The van der Waals surface area contributed by atoms with E-state index < -0.39 is 0 Å². The van der Waals surface area contributed by atoms with Gasteiger partial charge >= 0.3 is 0 Å². The fourth-order valence-electron chi connectivity index (χ4n) is 2.88. The van der Waals surface area contributed by atoms with E-state index in [1.54, 1.807) is 0 Å². The summed E-state index contributed by atoms with van der Waals surface area (Å²) in [4.78, 5) is 14.7. The number of fused-ring (bicyclic) bond motifs is 1. The molecule has 0 fully saturated rings. The largest absolute Gasteiger partial charge is 0.324 e. The summed E-state index contributed by atoms with van der Waals surface area (Å²) in [6.45, 7) is 5.78. The zero-order chi connectivity index (χ0) is 15.2. The summed E-state index contributed by atoms with van der Waals surface area (Å²) in [5, 5.41) is 11.9. The molecule has 0 aliphatic carbocycles. The summed E-state index contributed by atoms with van der Waals surface area (Å²) in [5.74, 6) is 0.528. The quantitative estimate of drug-likeness (QED) is 0.905. The van der Waals surface area contributed by atoms with Gasteiger partial charge in [0.1, 0.15) is 0 Å². The molecule has 1 N–H and O–H groups in total. The molecule has 0 saturated heterocycles. The summed E-state index contributed by atoms with van der Waals surface area (Å²) in [6.07, 6.45) is 2.16. The molecule has 112 valence electrons. The van der Waals surface area contributed by atoms with E-state index in [4.69, 9.17) is 5.26 Å². The van der Waals surface area contributed by atoms with Gasteiger partial charge in [-0.3, -0.25) is 9.69 Å². The summed E-state index contributed by atoms with van der Waals surface area (Å²) in [5.41, 5.74) is 2.12. The number of benzene rings is 1. The Morgan fingerprint density at radius 1 is 1.43 bits per heavy atom. The van der Waals surface area contributed by atoms with E-state index in [0.717, 1.165) is 25.1 Å². The van der Waals surface area contributed by atoms with Gasteiger partial charge < -0.3 is 5.32 Å². The van der Waals surface area contributed by atoms with Gasteiger partial charge in [-0.25, -0.2) is 0 Å². The molecule has 1 amide bonds. The minimum absolute atomic E-state index is 0.0542. The highest BCUT2D eigenvalue weighted by Crippen LogP contribution is 2.24. The van der Waals surface area contributed by atoms with Crippen molar-refractivity contribution < 1.29 is 4.79 Å². The van der Waals surface area contributed by atoms with E-state index in [2.05, 4.69) is 36.2 Å². The van der Waals surface area contributed by atoms with Crippen LogP contribution < -0.4 is 5.32 Å². The Hall–Kier alpha value is -1.86. The molecular weight excluding hydrogens is 262 g/mol. The van der Waals surface area contributed by atoms with Crippen molar-refractivity contribution >= 4 is 11.6 Å². The zero-order valence-electron chi connectivity index (χ0n) is 12.8. The molecule has 21 heavy (non-hydrogen) atoms. The minimum atomic E-state index is -0.145. The molecule has 4 heteroatoms. The summed E-state index contributed by atoms with van der Waals surface area (Å²) >= 11 is 0. The minimum Gasteiger partial charge on any atom is -0.324 e. The van der Waals surface area contributed by atoms with Crippen LogP contribution in [-0.2, 0) is 11.2 Å². The van der Waals surface area contributed by atoms with Crippen LogP contribution in [0.5, 0.6) is 0 Å². The molecule has 1 atom stereocenters. The highest BCUT2D eigenvalue weighted by Gasteiger charge is 2.29. The van der Waals surface area contributed by atoms with E-state index in [-0.39, 0.29) is 11.9 Å². The van der Waals surface area contributed by atoms with E-state index in [9.17, 15) is 4.79 Å². The van der Waals surface area contributed by atoms with Gasteiger partial charge in [-0.15, -0.1) is 0 Å². The smallest absolute Gasteiger partial charge is 0.241 e. The summed E-state index contributed by atoms with van der Waals surface area (Å²) in [6, 6.07) is 10.0. The summed E-state index contributed by atoms with van der Waals surface area (Å²) in [7, 11) is 0. The number of anilines is 1. The van der Waals surface area contributed by atoms with Crippen molar-refractivity contribution in [2.45, 2.75) is 39.2 Å². The van der Waals surface area contributed by atoms with Crippen molar-refractivity contribution in [1.82, 2.24) is 4.90 Å². The first-order valence-corrected chi connectivity index (χ1v) is 7.61. The number of carbonyl (C=O) groups is 1. The van der Waals surface area contributed by atoms with Gasteiger partial charge in [-0.1, -0.05) is 32.0 Å². The number of amides is 1. The Labute approximate surface area is 126 Å². The van der Waals surface area contributed by atoms with Crippen LogP contribution in [0.4, 0.5) is 5.69 Å². The lowest BCUT2D eigenvalue weighted by Gasteiger charge is -2.30. The fourth-order valence-corrected chi connectivity index (χ4v) is 2.88. The third-order valence-electron chi connectivity index (χ3n) is 3.82. The molecule has 1 unspecified atom stereocenters. The van der Waals surface area contributed by atoms with E-state index >= 15 is 0 Å². The number of rotatable bonds is 5. The molecule has 1 aromatic rings. The molecule has 0 aromatic heterocycles. The maximum absolute atomic E-state index is 12.5. The molecule has 4 nitrogen and oxygen atoms in total. The average molecular weight is 285 g/mol. The fraction of sp³-hybridized carbons (Fsp3) is 0.529. The number of hydrogen-bond acceptors (Lipinski definition) is 3. The van der Waals surface area contributed by atoms with Crippen LogP contribution >= 0.6 is 0 Å². The van der Waals surface area contributed by atoms with E-state index in [1.165, 1.54) is 5.56 Å². The first kappa shape index (κ1) is 15.5. The zero-order valence-corrected chi connectivity index (χ0v) is 12.8. The third-order valence-corrected chi connectivity index (χ3v) is 3.82. The molecule has 0 saturated carbocycles. The van der Waals surface area contributed by atoms with Gasteiger partial charge in [0.05, 0.1) is 12.1 Å². The molecule has 1 aliphatic heterocycles. The van der Waals surface area contributed by atoms with Crippen LogP contribution in [-0.4, -0.2) is 29.9 Å². The number of carbonyl (C=O) groups excluding carboxylic acids is 1. The number of para-hydroxylation sites is 1. The van der Waals surface area contributed by atoms with Crippen molar-refractivity contribution in [2.24, 2.45) is 5.92 Å². The van der Waals surface area contributed by atoms with Gasteiger partial charge in [0, 0.05) is 25.2 Å². The Morgan fingerprint density at radius 3 is 2.90 bits per heavy atom. The predicted octanol–water partition coefficient (Wildman–Crippen LogP) is 2.81.